The molecule has 0 unspecified atom stereocenters. The van der Waals surface area contributed by atoms with E-state index in [0.29, 0.717) is 22.6 Å². The lowest BCUT2D eigenvalue weighted by atomic mass is 10.1. The highest BCUT2D eigenvalue weighted by Crippen LogP contribution is 2.27. The molecule has 122 valence electrons. The number of hydrogen-bond acceptors (Lipinski definition) is 6. The molecule has 0 aliphatic rings. The molecule has 0 bridgehead atoms. The number of furan rings is 1. The third-order valence-corrected chi connectivity index (χ3v) is 3.13. The summed E-state index contributed by atoms with van der Waals surface area (Å²) in [6.45, 7) is 1.83. The van der Waals surface area contributed by atoms with Gasteiger partial charge in [0.25, 0.3) is 0 Å². The van der Waals surface area contributed by atoms with Gasteiger partial charge in [-0.15, -0.1) is 0 Å². The van der Waals surface area contributed by atoms with Crippen LogP contribution in [0.4, 0.5) is 0 Å². The maximum Gasteiger partial charge on any atom is 0.349 e. The summed E-state index contributed by atoms with van der Waals surface area (Å²) in [5.74, 6) is -0.478. The van der Waals surface area contributed by atoms with Crippen LogP contribution in [0.3, 0.4) is 0 Å². The molecule has 1 heterocycles. The van der Waals surface area contributed by atoms with Crippen molar-refractivity contribution in [3.63, 3.8) is 0 Å². The summed E-state index contributed by atoms with van der Waals surface area (Å²) >= 11 is 0. The number of ether oxygens (including phenoxy) is 2. The van der Waals surface area contributed by atoms with Crippen molar-refractivity contribution in [2.75, 3.05) is 13.7 Å². The molecule has 0 aliphatic heterocycles. The minimum Gasteiger partial charge on any atom is -0.465 e. The van der Waals surface area contributed by atoms with Crippen LogP contribution in [0.15, 0.2) is 46.4 Å². The molecule has 0 amide bonds. The van der Waals surface area contributed by atoms with Crippen molar-refractivity contribution >= 4 is 18.0 Å². The first-order valence-corrected chi connectivity index (χ1v) is 7.17. The summed E-state index contributed by atoms with van der Waals surface area (Å²) in [5.41, 5.74) is 0.744. The van der Waals surface area contributed by atoms with Gasteiger partial charge in [-0.05, 0) is 25.1 Å². The van der Waals surface area contributed by atoms with Crippen molar-refractivity contribution in [1.29, 1.82) is 5.26 Å². The molecule has 0 radical (unpaired) electrons. The van der Waals surface area contributed by atoms with E-state index in [4.69, 9.17) is 19.2 Å². The first-order chi connectivity index (χ1) is 11.6. The maximum absolute atomic E-state index is 11.8. The molecule has 1 aromatic carbocycles. The minimum atomic E-state index is -0.715. The van der Waals surface area contributed by atoms with Crippen LogP contribution in [0.2, 0.25) is 0 Å². The molecule has 0 fully saturated rings. The Bertz CT molecular complexity index is 826. The Hall–Kier alpha value is -3.33. The number of hydrogen-bond donors (Lipinski definition) is 0. The third-order valence-electron chi connectivity index (χ3n) is 3.13. The molecule has 0 N–H and O–H groups in total. The van der Waals surface area contributed by atoms with E-state index < -0.39 is 11.9 Å². The van der Waals surface area contributed by atoms with Crippen LogP contribution < -0.4 is 0 Å². The monoisotopic (exact) mass is 325 g/mol. The first kappa shape index (κ1) is 17.0. The van der Waals surface area contributed by atoms with Gasteiger partial charge in [0.15, 0.2) is 0 Å². The van der Waals surface area contributed by atoms with Gasteiger partial charge in [0, 0.05) is 11.6 Å². The molecule has 0 spiro atoms. The second-order valence-corrected chi connectivity index (χ2v) is 4.63. The zero-order chi connectivity index (χ0) is 17.5. The van der Waals surface area contributed by atoms with Crippen molar-refractivity contribution in [2.24, 2.45) is 0 Å². The minimum absolute atomic E-state index is 0.168. The molecule has 0 aliphatic carbocycles. The van der Waals surface area contributed by atoms with E-state index in [1.165, 1.54) is 13.2 Å². The number of benzene rings is 1. The second kappa shape index (κ2) is 7.79. The van der Waals surface area contributed by atoms with Crippen molar-refractivity contribution < 1.29 is 23.5 Å². The van der Waals surface area contributed by atoms with Crippen LogP contribution in [0.25, 0.3) is 17.4 Å². The van der Waals surface area contributed by atoms with Gasteiger partial charge >= 0.3 is 11.9 Å². The zero-order valence-electron chi connectivity index (χ0n) is 13.2. The molecule has 1 aromatic heterocycles. The molecule has 0 saturated carbocycles. The fraction of sp³-hybridized carbons (Fsp3) is 0.167. The fourth-order valence-corrected chi connectivity index (χ4v) is 2.05. The SMILES string of the molecule is CCOC(=O)/C(C#N)=C/c1ccc(-c2ccccc2C(=O)OC)o1. The zero-order valence-corrected chi connectivity index (χ0v) is 13.2. The summed E-state index contributed by atoms with van der Waals surface area (Å²) < 4.78 is 15.2. The van der Waals surface area contributed by atoms with Crippen LogP contribution >= 0.6 is 0 Å². The molecule has 0 saturated heterocycles. The van der Waals surface area contributed by atoms with Gasteiger partial charge < -0.3 is 13.9 Å². The Labute approximate surface area is 138 Å². The number of nitrogens with zero attached hydrogens (tertiary/aromatic N) is 1. The highest BCUT2D eigenvalue weighted by Gasteiger charge is 2.16. The standard InChI is InChI=1S/C18H15NO5/c1-3-23-17(20)12(11-19)10-13-8-9-16(24-13)14-6-4-5-7-15(14)18(21)22-2/h4-10H,3H2,1-2H3/b12-10+. The molecule has 24 heavy (non-hydrogen) atoms. The number of carbonyl (C=O) groups is 2. The summed E-state index contributed by atoms with van der Waals surface area (Å²) in [4.78, 5) is 23.4. The second-order valence-electron chi connectivity index (χ2n) is 4.63. The summed E-state index contributed by atoms with van der Waals surface area (Å²) in [7, 11) is 1.30. The quantitative estimate of drug-likeness (QED) is 0.476. The van der Waals surface area contributed by atoms with E-state index in [1.807, 2.05) is 0 Å². The number of nitriles is 1. The number of rotatable bonds is 5. The largest absolute Gasteiger partial charge is 0.465 e. The molecular weight excluding hydrogens is 310 g/mol. The average Bonchev–Trinajstić information content (AvgIpc) is 3.07. The van der Waals surface area contributed by atoms with Gasteiger partial charge in [0.1, 0.15) is 23.2 Å². The Morgan fingerprint density at radius 2 is 2.00 bits per heavy atom. The topological polar surface area (TPSA) is 89.5 Å². The lowest BCUT2D eigenvalue weighted by Crippen LogP contribution is -2.05. The fourth-order valence-electron chi connectivity index (χ4n) is 2.05. The van der Waals surface area contributed by atoms with E-state index in [2.05, 4.69) is 0 Å². The van der Waals surface area contributed by atoms with Gasteiger partial charge in [-0.3, -0.25) is 0 Å². The van der Waals surface area contributed by atoms with E-state index in [1.54, 1.807) is 49.4 Å². The molecule has 2 rings (SSSR count). The van der Waals surface area contributed by atoms with Crippen LogP contribution in [-0.2, 0) is 14.3 Å². The molecule has 6 heteroatoms. The Kier molecular flexibility index (Phi) is 5.53. The smallest absolute Gasteiger partial charge is 0.349 e. The van der Waals surface area contributed by atoms with E-state index in [-0.39, 0.29) is 12.2 Å². The van der Waals surface area contributed by atoms with Crippen LogP contribution in [0.5, 0.6) is 0 Å². The molecule has 6 nitrogen and oxygen atoms in total. The summed E-state index contributed by atoms with van der Waals surface area (Å²) in [6.07, 6.45) is 1.29. The lowest BCUT2D eigenvalue weighted by molar-refractivity contribution is -0.137. The normalized spacial score (nSPS) is 10.8. The Balaban J connectivity index is 2.37. The predicted octanol–water partition coefficient (Wildman–Crippen LogP) is 3.20. The third kappa shape index (κ3) is 3.70. The summed E-state index contributed by atoms with van der Waals surface area (Å²) in [5, 5.41) is 9.04. The van der Waals surface area contributed by atoms with Crippen molar-refractivity contribution in [3.05, 3.63) is 53.3 Å². The summed E-state index contributed by atoms with van der Waals surface area (Å²) in [6, 6.07) is 11.8. The van der Waals surface area contributed by atoms with Gasteiger partial charge in [-0.25, -0.2) is 9.59 Å². The van der Waals surface area contributed by atoms with Crippen molar-refractivity contribution in [1.82, 2.24) is 0 Å². The van der Waals surface area contributed by atoms with Gasteiger partial charge in [-0.1, -0.05) is 18.2 Å². The highest BCUT2D eigenvalue weighted by molar-refractivity contribution is 5.98. The Morgan fingerprint density at radius 1 is 1.25 bits per heavy atom. The first-order valence-electron chi connectivity index (χ1n) is 7.17. The lowest BCUT2D eigenvalue weighted by Gasteiger charge is -2.04. The van der Waals surface area contributed by atoms with Gasteiger partial charge in [0.05, 0.1) is 19.3 Å². The van der Waals surface area contributed by atoms with E-state index in [0.717, 1.165) is 0 Å². The van der Waals surface area contributed by atoms with E-state index in [9.17, 15) is 9.59 Å². The maximum atomic E-state index is 11.8. The Morgan fingerprint density at radius 3 is 2.67 bits per heavy atom. The molecular formula is C18H15NO5. The number of esters is 2. The number of methoxy groups -OCH3 is 1. The van der Waals surface area contributed by atoms with Crippen molar-refractivity contribution in [3.8, 4) is 17.4 Å². The van der Waals surface area contributed by atoms with Crippen LogP contribution in [0.1, 0.15) is 23.0 Å². The van der Waals surface area contributed by atoms with Crippen LogP contribution in [0, 0.1) is 11.3 Å². The number of carbonyl (C=O) groups excluding carboxylic acids is 2. The molecule has 2 aromatic rings. The highest BCUT2D eigenvalue weighted by atomic mass is 16.5. The van der Waals surface area contributed by atoms with Crippen molar-refractivity contribution in [2.45, 2.75) is 6.92 Å². The van der Waals surface area contributed by atoms with Gasteiger partial charge in [-0.2, -0.15) is 5.26 Å². The van der Waals surface area contributed by atoms with E-state index >= 15 is 0 Å². The average molecular weight is 325 g/mol. The predicted molar refractivity (Wildman–Crippen MR) is 85.7 cm³/mol. The van der Waals surface area contributed by atoms with Crippen LogP contribution in [-0.4, -0.2) is 25.7 Å². The molecule has 0 atom stereocenters. The van der Waals surface area contributed by atoms with Gasteiger partial charge in [0.2, 0.25) is 0 Å².